The van der Waals surface area contributed by atoms with Crippen molar-refractivity contribution in [3.8, 4) is 0 Å². The summed E-state index contributed by atoms with van der Waals surface area (Å²) >= 11 is 0. The molecule has 34 heavy (non-hydrogen) atoms. The highest BCUT2D eigenvalue weighted by Crippen LogP contribution is 2.25. The van der Waals surface area contributed by atoms with Gasteiger partial charge in [0.1, 0.15) is 0 Å². The number of esters is 1. The van der Waals surface area contributed by atoms with Gasteiger partial charge in [-0.25, -0.2) is 4.79 Å². The van der Waals surface area contributed by atoms with Crippen LogP contribution in [0, 0.1) is 13.8 Å². The van der Waals surface area contributed by atoms with Crippen molar-refractivity contribution >= 4 is 23.6 Å². The number of carbonyl (C=O) groups is 4. The fourth-order valence-corrected chi connectivity index (χ4v) is 4.59. The van der Waals surface area contributed by atoms with E-state index in [1.165, 1.54) is 23.1 Å². The first-order valence-electron chi connectivity index (χ1n) is 11.8. The number of benzene rings is 1. The molecule has 1 unspecified atom stereocenters. The molecule has 1 aromatic heterocycles. The number of carbonyl (C=O) groups excluding carboxylic acids is 4. The summed E-state index contributed by atoms with van der Waals surface area (Å²) in [7, 11) is 0. The minimum absolute atomic E-state index is 0.133. The zero-order chi connectivity index (χ0) is 24.4. The van der Waals surface area contributed by atoms with Crippen LogP contribution in [0.15, 0.2) is 24.3 Å². The maximum Gasteiger partial charge on any atom is 0.338 e. The third-order valence-corrected chi connectivity index (χ3v) is 6.56. The summed E-state index contributed by atoms with van der Waals surface area (Å²) in [5.74, 6) is -1.76. The molecule has 0 radical (unpaired) electrons. The zero-order valence-electron chi connectivity index (χ0n) is 19.9. The molecular formula is C26H30N2O6. The average molecular weight is 467 g/mol. The van der Waals surface area contributed by atoms with Crippen molar-refractivity contribution in [3.63, 3.8) is 0 Å². The van der Waals surface area contributed by atoms with Crippen molar-refractivity contribution in [2.24, 2.45) is 0 Å². The highest BCUT2D eigenvalue weighted by molar-refractivity contribution is 6.22. The molecule has 2 aromatic rings. The number of rotatable bonds is 9. The Morgan fingerprint density at radius 3 is 2.59 bits per heavy atom. The Bertz CT molecular complexity index is 1140. The average Bonchev–Trinajstić information content (AvgIpc) is 3.51. The minimum atomic E-state index is -0.712. The lowest BCUT2D eigenvalue weighted by Crippen LogP contribution is -2.30. The van der Waals surface area contributed by atoms with Crippen LogP contribution in [0.2, 0.25) is 0 Å². The van der Waals surface area contributed by atoms with Crippen LogP contribution in [0.3, 0.4) is 0 Å². The van der Waals surface area contributed by atoms with E-state index in [1.807, 2.05) is 26.8 Å². The lowest BCUT2D eigenvalue weighted by molar-refractivity contribution is 0.0474. The molecule has 180 valence electrons. The van der Waals surface area contributed by atoms with Gasteiger partial charge >= 0.3 is 5.97 Å². The van der Waals surface area contributed by atoms with Gasteiger partial charge < -0.3 is 14.0 Å². The summed E-state index contributed by atoms with van der Waals surface area (Å²) in [5, 5.41) is 0. The van der Waals surface area contributed by atoms with Crippen LogP contribution in [0.4, 0.5) is 0 Å². The second kappa shape index (κ2) is 9.93. The summed E-state index contributed by atoms with van der Waals surface area (Å²) in [6.45, 7) is 7.21. The van der Waals surface area contributed by atoms with Gasteiger partial charge in [0.25, 0.3) is 11.8 Å². The lowest BCUT2D eigenvalue weighted by Gasteiger charge is -2.14. The fourth-order valence-electron chi connectivity index (χ4n) is 4.59. The van der Waals surface area contributed by atoms with E-state index in [0.717, 1.165) is 43.7 Å². The SMILES string of the molecule is CCCCN1C(=O)c2ccc(C(=O)OCC(=O)c3cc(C)n(CC4CCCO4)c3C)cc2C1=O. The Morgan fingerprint density at radius 2 is 1.88 bits per heavy atom. The van der Waals surface area contributed by atoms with Crippen molar-refractivity contribution in [2.75, 3.05) is 19.8 Å². The van der Waals surface area contributed by atoms with E-state index in [2.05, 4.69) is 4.57 Å². The molecule has 1 atom stereocenters. The summed E-state index contributed by atoms with van der Waals surface area (Å²) in [4.78, 5) is 51.7. The Kier molecular flexibility index (Phi) is 6.97. The third kappa shape index (κ3) is 4.55. The summed E-state index contributed by atoms with van der Waals surface area (Å²) in [6, 6.07) is 6.11. The lowest BCUT2D eigenvalue weighted by atomic mass is 10.1. The normalized spacial score (nSPS) is 17.4. The predicted molar refractivity (Wildman–Crippen MR) is 124 cm³/mol. The van der Waals surface area contributed by atoms with Crippen molar-refractivity contribution in [1.82, 2.24) is 9.47 Å². The van der Waals surface area contributed by atoms with Gasteiger partial charge in [-0.15, -0.1) is 0 Å². The second-order valence-corrected chi connectivity index (χ2v) is 8.91. The minimum Gasteiger partial charge on any atom is -0.454 e. The first kappa shape index (κ1) is 23.9. The van der Waals surface area contributed by atoms with Gasteiger partial charge in [0.15, 0.2) is 6.61 Å². The fraction of sp³-hybridized carbons (Fsp3) is 0.462. The first-order chi connectivity index (χ1) is 16.3. The number of fused-ring (bicyclic) bond motifs is 1. The predicted octanol–water partition coefficient (Wildman–Crippen LogP) is 3.72. The summed E-state index contributed by atoms with van der Waals surface area (Å²) in [5.41, 5.74) is 2.91. The van der Waals surface area contributed by atoms with Crippen LogP contribution in [-0.2, 0) is 16.0 Å². The molecule has 1 aromatic carbocycles. The monoisotopic (exact) mass is 466 g/mol. The largest absolute Gasteiger partial charge is 0.454 e. The van der Waals surface area contributed by atoms with Crippen LogP contribution in [-0.4, -0.2) is 58.9 Å². The zero-order valence-corrected chi connectivity index (χ0v) is 19.9. The molecule has 0 aliphatic carbocycles. The van der Waals surface area contributed by atoms with Crippen LogP contribution in [0.25, 0.3) is 0 Å². The van der Waals surface area contributed by atoms with Crippen molar-refractivity contribution in [2.45, 2.75) is 59.1 Å². The topological polar surface area (TPSA) is 94.9 Å². The summed E-state index contributed by atoms with van der Waals surface area (Å²) < 4.78 is 13.0. The van der Waals surface area contributed by atoms with E-state index in [4.69, 9.17) is 9.47 Å². The molecule has 1 fully saturated rings. The number of Topliss-reactive ketones (excluding diaryl/α,β-unsaturated/α-hetero) is 1. The number of imide groups is 1. The van der Waals surface area contributed by atoms with Crippen LogP contribution < -0.4 is 0 Å². The van der Waals surface area contributed by atoms with E-state index < -0.39 is 18.5 Å². The molecular weight excluding hydrogens is 436 g/mol. The summed E-state index contributed by atoms with van der Waals surface area (Å²) in [6.07, 6.45) is 3.78. The standard InChI is InChI=1S/C26H30N2O6/c1-4-5-10-27-24(30)20-9-8-18(13-22(20)25(27)31)26(32)34-15-23(29)21-12-16(2)28(17(21)3)14-19-7-6-11-33-19/h8-9,12-13,19H,4-7,10-11,14-15H2,1-3H3. The van der Waals surface area contributed by atoms with Gasteiger partial charge in [0.2, 0.25) is 5.78 Å². The number of aromatic nitrogens is 1. The second-order valence-electron chi connectivity index (χ2n) is 8.91. The van der Waals surface area contributed by atoms with E-state index in [0.29, 0.717) is 18.7 Å². The van der Waals surface area contributed by atoms with Crippen molar-refractivity contribution < 1.29 is 28.7 Å². The number of unbranched alkanes of at least 4 members (excludes halogenated alkanes) is 1. The number of amides is 2. The number of hydrogen-bond donors (Lipinski definition) is 0. The molecule has 2 aliphatic rings. The molecule has 0 spiro atoms. The van der Waals surface area contributed by atoms with Crippen LogP contribution in [0.1, 0.15) is 85.4 Å². The Balaban J connectivity index is 1.41. The van der Waals surface area contributed by atoms with E-state index in [9.17, 15) is 19.2 Å². The number of ketones is 1. The number of aryl methyl sites for hydroxylation is 1. The van der Waals surface area contributed by atoms with Gasteiger partial charge in [-0.05, 0) is 57.4 Å². The van der Waals surface area contributed by atoms with Crippen LogP contribution in [0.5, 0.6) is 0 Å². The highest BCUT2D eigenvalue weighted by atomic mass is 16.5. The molecule has 2 aliphatic heterocycles. The molecule has 0 N–H and O–H groups in total. The number of hydrogen-bond acceptors (Lipinski definition) is 6. The van der Waals surface area contributed by atoms with Crippen LogP contribution >= 0.6 is 0 Å². The maximum absolute atomic E-state index is 12.8. The molecule has 4 rings (SSSR count). The highest BCUT2D eigenvalue weighted by Gasteiger charge is 2.35. The molecule has 2 amide bonds. The maximum atomic E-state index is 12.8. The van der Waals surface area contributed by atoms with Gasteiger partial charge in [-0.3, -0.25) is 19.3 Å². The molecule has 3 heterocycles. The van der Waals surface area contributed by atoms with Crippen molar-refractivity contribution in [3.05, 3.63) is 57.9 Å². The van der Waals surface area contributed by atoms with E-state index in [1.54, 1.807) is 0 Å². The van der Waals surface area contributed by atoms with Gasteiger partial charge in [-0.2, -0.15) is 0 Å². The smallest absolute Gasteiger partial charge is 0.338 e. The van der Waals surface area contributed by atoms with Gasteiger partial charge in [0.05, 0.1) is 22.8 Å². The van der Waals surface area contributed by atoms with Crippen molar-refractivity contribution in [1.29, 1.82) is 0 Å². The number of ether oxygens (including phenoxy) is 2. The molecule has 0 bridgehead atoms. The van der Waals surface area contributed by atoms with Gasteiger partial charge in [-0.1, -0.05) is 13.3 Å². The molecule has 1 saturated heterocycles. The first-order valence-corrected chi connectivity index (χ1v) is 11.8. The molecule has 0 saturated carbocycles. The third-order valence-electron chi connectivity index (χ3n) is 6.56. The van der Waals surface area contributed by atoms with E-state index >= 15 is 0 Å². The Morgan fingerprint density at radius 1 is 1.12 bits per heavy atom. The molecule has 8 heteroatoms. The number of nitrogens with zero attached hydrogens (tertiary/aromatic N) is 2. The van der Waals surface area contributed by atoms with E-state index in [-0.39, 0.29) is 34.5 Å². The quantitative estimate of drug-likeness (QED) is 0.318. The Labute approximate surface area is 198 Å². The Hall–Kier alpha value is -3.26. The van der Waals surface area contributed by atoms with Gasteiger partial charge in [0, 0.05) is 36.6 Å². The molecule has 8 nitrogen and oxygen atoms in total.